The van der Waals surface area contributed by atoms with Crippen LogP contribution in [-0.4, -0.2) is 35.8 Å². The summed E-state index contributed by atoms with van der Waals surface area (Å²) in [4.78, 5) is 26.1. The molecule has 1 fully saturated rings. The van der Waals surface area contributed by atoms with Crippen LogP contribution in [0.1, 0.15) is 50.1 Å². The number of carbonyl (C=O) groups is 2. The maximum absolute atomic E-state index is 12.1. The van der Waals surface area contributed by atoms with Crippen LogP contribution in [0.25, 0.3) is 0 Å². The van der Waals surface area contributed by atoms with Crippen LogP contribution in [0.5, 0.6) is 0 Å². The minimum absolute atomic E-state index is 0.00984. The molecule has 5 nitrogen and oxygen atoms in total. The summed E-state index contributed by atoms with van der Waals surface area (Å²) < 4.78 is 5.10. The quantitative estimate of drug-likeness (QED) is 0.904. The molecule has 0 saturated carbocycles. The van der Waals surface area contributed by atoms with Crippen molar-refractivity contribution in [1.29, 1.82) is 0 Å². The monoisotopic (exact) mass is 326 g/mol. The number of furan rings is 1. The summed E-state index contributed by atoms with van der Waals surface area (Å²) in [5.74, 6) is 0.686. The van der Waals surface area contributed by atoms with Crippen LogP contribution in [-0.2, 0) is 4.79 Å². The van der Waals surface area contributed by atoms with E-state index in [1.54, 1.807) is 12.1 Å². The maximum Gasteiger partial charge on any atom is 0.287 e. The summed E-state index contributed by atoms with van der Waals surface area (Å²) in [5.41, 5.74) is 0. The van der Waals surface area contributed by atoms with Gasteiger partial charge < -0.3 is 14.6 Å². The van der Waals surface area contributed by atoms with Gasteiger partial charge in [0.25, 0.3) is 5.91 Å². The van der Waals surface area contributed by atoms with Crippen molar-refractivity contribution in [3.05, 3.63) is 23.1 Å². The molecule has 0 aromatic carbocycles. The van der Waals surface area contributed by atoms with Crippen molar-refractivity contribution in [2.24, 2.45) is 5.92 Å². The van der Waals surface area contributed by atoms with E-state index in [0.717, 1.165) is 19.4 Å². The Kier molecular flexibility index (Phi) is 5.89. The first-order valence-electron chi connectivity index (χ1n) is 7.79. The van der Waals surface area contributed by atoms with Crippen LogP contribution >= 0.6 is 11.6 Å². The number of halogens is 1. The number of hydrogen-bond acceptors (Lipinski definition) is 3. The van der Waals surface area contributed by atoms with Crippen LogP contribution < -0.4 is 5.32 Å². The largest absolute Gasteiger partial charge is 0.440 e. The molecular weight excluding hydrogens is 304 g/mol. The van der Waals surface area contributed by atoms with Gasteiger partial charge in [0.1, 0.15) is 0 Å². The minimum atomic E-state index is -0.278. The molecule has 6 heteroatoms. The molecule has 0 aliphatic carbocycles. The Hall–Kier alpha value is -1.49. The topological polar surface area (TPSA) is 62.6 Å². The van der Waals surface area contributed by atoms with E-state index >= 15 is 0 Å². The highest BCUT2D eigenvalue weighted by atomic mass is 35.5. The predicted octanol–water partition coefficient (Wildman–Crippen LogP) is 3.09. The second kappa shape index (κ2) is 7.68. The Bertz CT molecular complexity index is 527. The van der Waals surface area contributed by atoms with Gasteiger partial charge in [-0.2, -0.15) is 0 Å². The lowest BCUT2D eigenvalue weighted by molar-refractivity contribution is -0.130. The summed E-state index contributed by atoms with van der Waals surface area (Å²) in [6, 6.07) is 3.08. The first-order valence-corrected chi connectivity index (χ1v) is 8.17. The average molecular weight is 327 g/mol. The fourth-order valence-corrected chi connectivity index (χ4v) is 2.67. The molecular formula is C16H23ClN2O3. The highest BCUT2D eigenvalue weighted by Crippen LogP contribution is 2.16. The molecule has 1 saturated heterocycles. The lowest BCUT2D eigenvalue weighted by Crippen LogP contribution is -2.36. The molecule has 122 valence electrons. The van der Waals surface area contributed by atoms with Gasteiger partial charge in [-0.25, -0.2) is 0 Å². The van der Waals surface area contributed by atoms with E-state index in [0.29, 0.717) is 25.3 Å². The fraction of sp³-hybridized carbons (Fsp3) is 0.625. The summed E-state index contributed by atoms with van der Waals surface area (Å²) in [6.45, 7) is 5.79. The Morgan fingerprint density at radius 2 is 2.23 bits per heavy atom. The van der Waals surface area contributed by atoms with Gasteiger partial charge in [0, 0.05) is 25.6 Å². The van der Waals surface area contributed by atoms with Gasteiger partial charge in [0.15, 0.2) is 11.0 Å². The van der Waals surface area contributed by atoms with E-state index in [1.807, 2.05) is 4.90 Å². The molecule has 1 aromatic heterocycles. The van der Waals surface area contributed by atoms with Crippen molar-refractivity contribution in [1.82, 2.24) is 10.2 Å². The molecule has 2 rings (SSSR count). The van der Waals surface area contributed by atoms with Crippen LogP contribution in [0.4, 0.5) is 0 Å². The van der Waals surface area contributed by atoms with Crippen molar-refractivity contribution in [3.8, 4) is 0 Å². The lowest BCUT2D eigenvalue weighted by Gasteiger charge is -2.22. The Balaban J connectivity index is 1.86. The van der Waals surface area contributed by atoms with Gasteiger partial charge in [0.2, 0.25) is 5.91 Å². The zero-order chi connectivity index (χ0) is 16.1. The van der Waals surface area contributed by atoms with Gasteiger partial charge in [-0.05, 0) is 48.9 Å². The van der Waals surface area contributed by atoms with Crippen molar-refractivity contribution in [2.45, 2.75) is 45.6 Å². The first kappa shape index (κ1) is 16.9. The second-order valence-corrected chi connectivity index (χ2v) is 6.54. The number of amides is 2. The van der Waals surface area contributed by atoms with Crippen molar-refractivity contribution < 1.29 is 14.0 Å². The summed E-state index contributed by atoms with van der Waals surface area (Å²) in [5, 5.41) is 3.12. The summed E-state index contributed by atoms with van der Waals surface area (Å²) in [7, 11) is 0. The molecule has 0 bridgehead atoms. The van der Waals surface area contributed by atoms with E-state index in [9.17, 15) is 9.59 Å². The Labute approximate surface area is 136 Å². The lowest BCUT2D eigenvalue weighted by atomic mass is 10.1. The van der Waals surface area contributed by atoms with E-state index in [4.69, 9.17) is 16.0 Å². The van der Waals surface area contributed by atoms with Gasteiger partial charge in [0.05, 0.1) is 0 Å². The normalized spacial score (nSPS) is 19.4. The summed E-state index contributed by atoms with van der Waals surface area (Å²) in [6.07, 6.45) is 2.91. The van der Waals surface area contributed by atoms with Crippen molar-refractivity contribution in [3.63, 3.8) is 0 Å². The van der Waals surface area contributed by atoms with Gasteiger partial charge >= 0.3 is 0 Å². The first-order chi connectivity index (χ1) is 10.5. The predicted molar refractivity (Wildman–Crippen MR) is 84.9 cm³/mol. The highest BCUT2D eigenvalue weighted by molar-refractivity contribution is 6.29. The SMILES string of the molecule is CC(C)CCN1CCC(NC(=O)c2ccc(Cl)o2)CCC1=O. The second-order valence-electron chi connectivity index (χ2n) is 6.16. The molecule has 0 radical (unpaired) electrons. The van der Waals surface area contributed by atoms with E-state index in [2.05, 4.69) is 19.2 Å². The van der Waals surface area contributed by atoms with Crippen LogP contribution in [0.3, 0.4) is 0 Å². The number of carbonyl (C=O) groups excluding carboxylic acids is 2. The van der Waals surface area contributed by atoms with Gasteiger partial charge in [-0.1, -0.05) is 13.8 Å². The van der Waals surface area contributed by atoms with Crippen LogP contribution in [0.2, 0.25) is 5.22 Å². The number of likely N-dealkylation sites (tertiary alicyclic amines) is 1. The molecule has 2 amide bonds. The van der Waals surface area contributed by atoms with Gasteiger partial charge in [-0.3, -0.25) is 9.59 Å². The third-order valence-corrected chi connectivity index (χ3v) is 4.12. The number of nitrogens with zero attached hydrogens (tertiary/aromatic N) is 1. The minimum Gasteiger partial charge on any atom is -0.440 e. The Morgan fingerprint density at radius 3 is 2.86 bits per heavy atom. The fourth-order valence-electron chi connectivity index (χ4n) is 2.52. The molecule has 2 heterocycles. The Morgan fingerprint density at radius 1 is 1.45 bits per heavy atom. The molecule has 0 spiro atoms. The smallest absolute Gasteiger partial charge is 0.287 e. The van der Waals surface area contributed by atoms with E-state index < -0.39 is 0 Å². The van der Waals surface area contributed by atoms with E-state index in [1.165, 1.54) is 0 Å². The van der Waals surface area contributed by atoms with Crippen LogP contribution in [0, 0.1) is 5.92 Å². The van der Waals surface area contributed by atoms with Gasteiger partial charge in [-0.15, -0.1) is 0 Å². The third-order valence-electron chi connectivity index (χ3n) is 3.92. The number of rotatable bonds is 5. The average Bonchev–Trinajstić information content (AvgIpc) is 2.82. The molecule has 1 atom stereocenters. The van der Waals surface area contributed by atoms with Crippen molar-refractivity contribution in [2.75, 3.05) is 13.1 Å². The molecule has 1 aliphatic rings. The molecule has 1 N–H and O–H groups in total. The summed E-state index contributed by atoms with van der Waals surface area (Å²) >= 11 is 5.67. The molecule has 22 heavy (non-hydrogen) atoms. The zero-order valence-electron chi connectivity index (χ0n) is 13.1. The van der Waals surface area contributed by atoms with Crippen LogP contribution in [0.15, 0.2) is 16.5 Å². The number of hydrogen-bond donors (Lipinski definition) is 1. The molecule has 1 aliphatic heterocycles. The van der Waals surface area contributed by atoms with Crippen molar-refractivity contribution >= 4 is 23.4 Å². The third kappa shape index (κ3) is 4.77. The molecule has 1 unspecified atom stereocenters. The zero-order valence-corrected chi connectivity index (χ0v) is 13.9. The molecule has 1 aromatic rings. The standard InChI is InChI=1S/C16H23ClN2O3/c1-11(2)7-9-19-10-8-12(3-6-15(19)20)18-16(21)13-4-5-14(17)22-13/h4-5,11-12H,3,6-10H2,1-2H3,(H,18,21). The van der Waals surface area contributed by atoms with E-state index in [-0.39, 0.29) is 28.8 Å². The number of nitrogens with one attached hydrogen (secondary N) is 1. The maximum atomic E-state index is 12.1. The highest BCUT2D eigenvalue weighted by Gasteiger charge is 2.24.